The van der Waals surface area contributed by atoms with Crippen molar-refractivity contribution in [1.82, 2.24) is 9.97 Å². The molecule has 0 aliphatic rings. The number of benzene rings is 1. The number of nitrogens with one attached hydrogen (secondary N) is 3. The lowest BCUT2D eigenvalue weighted by atomic mass is 10.2. The van der Waals surface area contributed by atoms with Crippen molar-refractivity contribution in [2.45, 2.75) is 6.54 Å². The molecule has 1 aromatic carbocycles. The number of anilines is 1. The Balaban J connectivity index is 1.87. The van der Waals surface area contributed by atoms with Crippen LogP contribution in [0.2, 0.25) is 4.34 Å². The summed E-state index contributed by atoms with van der Waals surface area (Å²) < 4.78 is 0.752. The van der Waals surface area contributed by atoms with Gasteiger partial charge < -0.3 is 15.3 Å². The van der Waals surface area contributed by atoms with Crippen LogP contribution in [0.3, 0.4) is 0 Å². The molecule has 3 N–H and O–H groups in total. The second-order valence-electron chi connectivity index (χ2n) is 4.23. The minimum absolute atomic E-state index is 0.587. The molecule has 0 unspecified atom stereocenters. The standard InChI is InChI=1S/C13H10ClN3O2S/c14-11-4-2-8(20-11)6-15-7-1-3-9-10(5-7)17-13(19)12(18)16-9/h1-5,15H,6H2,(H,16,18)(H,17,19). The number of H-pyrrole nitrogens is 2. The van der Waals surface area contributed by atoms with Crippen LogP contribution in [0.1, 0.15) is 4.88 Å². The van der Waals surface area contributed by atoms with Gasteiger partial charge in [-0.2, -0.15) is 0 Å². The van der Waals surface area contributed by atoms with E-state index in [0.29, 0.717) is 17.6 Å². The van der Waals surface area contributed by atoms with Crippen molar-refractivity contribution in [3.63, 3.8) is 0 Å². The van der Waals surface area contributed by atoms with Crippen LogP contribution in [0.25, 0.3) is 11.0 Å². The van der Waals surface area contributed by atoms with Gasteiger partial charge in [-0.1, -0.05) is 11.6 Å². The smallest absolute Gasteiger partial charge is 0.314 e. The molecule has 0 atom stereocenters. The highest BCUT2D eigenvalue weighted by Gasteiger charge is 2.02. The zero-order chi connectivity index (χ0) is 14.1. The van der Waals surface area contributed by atoms with E-state index < -0.39 is 11.1 Å². The van der Waals surface area contributed by atoms with E-state index in [-0.39, 0.29) is 0 Å². The van der Waals surface area contributed by atoms with Gasteiger partial charge >= 0.3 is 11.1 Å². The Labute approximate surface area is 122 Å². The van der Waals surface area contributed by atoms with Gasteiger partial charge in [0, 0.05) is 17.1 Å². The van der Waals surface area contributed by atoms with Gasteiger partial charge in [-0.3, -0.25) is 9.59 Å². The molecule has 0 radical (unpaired) electrons. The molecule has 3 aromatic rings. The Morgan fingerprint density at radius 1 is 1.05 bits per heavy atom. The quantitative estimate of drug-likeness (QED) is 0.651. The van der Waals surface area contributed by atoms with Crippen LogP contribution in [0.5, 0.6) is 0 Å². The maximum atomic E-state index is 11.3. The monoisotopic (exact) mass is 307 g/mol. The van der Waals surface area contributed by atoms with E-state index in [1.54, 1.807) is 12.1 Å². The molecule has 0 aliphatic heterocycles. The number of hydrogen-bond donors (Lipinski definition) is 3. The first kappa shape index (κ1) is 13.0. The van der Waals surface area contributed by atoms with Crippen molar-refractivity contribution in [3.05, 3.63) is 60.3 Å². The van der Waals surface area contributed by atoms with Gasteiger partial charge in [-0.25, -0.2) is 0 Å². The molecule has 3 rings (SSSR count). The topological polar surface area (TPSA) is 77.8 Å². The Morgan fingerprint density at radius 2 is 1.80 bits per heavy atom. The average Bonchev–Trinajstić information content (AvgIpc) is 2.84. The molecule has 2 heterocycles. The van der Waals surface area contributed by atoms with Gasteiger partial charge in [0.2, 0.25) is 0 Å². The molecule has 0 saturated heterocycles. The van der Waals surface area contributed by atoms with E-state index >= 15 is 0 Å². The Kier molecular flexibility index (Phi) is 3.33. The van der Waals surface area contributed by atoms with E-state index in [1.165, 1.54) is 11.3 Å². The van der Waals surface area contributed by atoms with Crippen LogP contribution in [-0.4, -0.2) is 9.97 Å². The molecule has 102 valence electrons. The first-order chi connectivity index (χ1) is 9.61. The van der Waals surface area contributed by atoms with Crippen molar-refractivity contribution >= 4 is 39.7 Å². The number of aromatic amines is 2. The third-order valence-corrected chi connectivity index (χ3v) is 4.05. The van der Waals surface area contributed by atoms with E-state index in [9.17, 15) is 9.59 Å². The van der Waals surface area contributed by atoms with Crippen LogP contribution in [-0.2, 0) is 6.54 Å². The van der Waals surface area contributed by atoms with Gasteiger partial charge in [0.15, 0.2) is 0 Å². The molecule has 5 nitrogen and oxygen atoms in total. The average molecular weight is 308 g/mol. The van der Waals surface area contributed by atoms with Gasteiger partial charge in [0.25, 0.3) is 0 Å². The third kappa shape index (κ3) is 2.61. The SMILES string of the molecule is O=c1[nH]c2ccc(NCc3ccc(Cl)s3)cc2[nH]c1=O. The van der Waals surface area contributed by atoms with E-state index in [2.05, 4.69) is 15.3 Å². The number of aromatic nitrogens is 2. The predicted octanol–water partition coefficient (Wildman–Crippen LogP) is 2.54. The molecule has 0 spiro atoms. The maximum absolute atomic E-state index is 11.3. The lowest BCUT2D eigenvalue weighted by molar-refractivity contribution is 1.14. The van der Waals surface area contributed by atoms with Crippen LogP contribution in [0, 0.1) is 0 Å². The molecule has 2 aromatic heterocycles. The van der Waals surface area contributed by atoms with E-state index in [4.69, 9.17) is 11.6 Å². The van der Waals surface area contributed by atoms with Crippen molar-refractivity contribution in [2.24, 2.45) is 0 Å². The van der Waals surface area contributed by atoms with Gasteiger partial charge in [0.1, 0.15) is 0 Å². The molecular formula is C13H10ClN3O2S. The van der Waals surface area contributed by atoms with Crippen molar-refractivity contribution in [1.29, 1.82) is 0 Å². The zero-order valence-corrected chi connectivity index (χ0v) is 11.8. The fraction of sp³-hybridized carbons (Fsp3) is 0.0769. The van der Waals surface area contributed by atoms with Crippen LogP contribution in [0.15, 0.2) is 39.9 Å². The summed E-state index contributed by atoms with van der Waals surface area (Å²) in [5.41, 5.74) is 0.735. The summed E-state index contributed by atoms with van der Waals surface area (Å²) in [5, 5.41) is 3.24. The molecule has 0 aliphatic carbocycles. The number of hydrogen-bond acceptors (Lipinski definition) is 4. The lowest BCUT2D eigenvalue weighted by Gasteiger charge is -2.06. The second-order valence-corrected chi connectivity index (χ2v) is 6.03. The van der Waals surface area contributed by atoms with Crippen molar-refractivity contribution in [2.75, 3.05) is 5.32 Å². The van der Waals surface area contributed by atoms with Gasteiger partial charge in [-0.15, -0.1) is 11.3 Å². The summed E-state index contributed by atoms with van der Waals surface area (Å²) >= 11 is 7.38. The summed E-state index contributed by atoms with van der Waals surface area (Å²) in [6.07, 6.45) is 0. The van der Waals surface area contributed by atoms with Crippen molar-refractivity contribution in [3.8, 4) is 0 Å². The summed E-state index contributed by atoms with van der Waals surface area (Å²) in [6.45, 7) is 0.649. The first-order valence-corrected chi connectivity index (χ1v) is 7.06. The second kappa shape index (κ2) is 5.15. The number of fused-ring (bicyclic) bond motifs is 1. The number of rotatable bonds is 3. The van der Waals surface area contributed by atoms with Gasteiger partial charge in [0.05, 0.1) is 15.4 Å². The molecule has 0 fully saturated rings. The minimum Gasteiger partial charge on any atom is -0.380 e. The highest BCUT2D eigenvalue weighted by Crippen LogP contribution is 2.22. The highest BCUT2D eigenvalue weighted by atomic mass is 35.5. The Hall–Kier alpha value is -2.05. The minimum atomic E-state index is -0.653. The summed E-state index contributed by atoms with van der Waals surface area (Å²) in [4.78, 5) is 28.7. The lowest BCUT2D eigenvalue weighted by Crippen LogP contribution is -2.28. The normalized spacial score (nSPS) is 10.8. The van der Waals surface area contributed by atoms with Gasteiger partial charge in [-0.05, 0) is 30.3 Å². The molecule has 20 heavy (non-hydrogen) atoms. The highest BCUT2D eigenvalue weighted by molar-refractivity contribution is 7.16. The summed E-state index contributed by atoms with van der Waals surface area (Å²) in [6, 6.07) is 9.18. The fourth-order valence-corrected chi connectivity index (χ4v) is 2.89. The maximum Gasteiger partial charge on any atom is 0.314 e. The molecule has 0 saturated carbocycles. The third-order valence-electron chi connectivity index (χ3n) is 2.82. The van der Waals surface area contributed by atoms with E-state index in [0.717, 1.165) is 14.9 Å². The van der Waals surface area contributed by atoms with Crippen LogP contribution in [0.4, 0.5) is 5.69 Å². The molecule has 0 amide bonds. The molecule has 0 bridgehead atoms. The predicted molar refractivity (Wildman–Crippen MR) is 81.8 cm³/mol. The van der Waals surface area contributed by atoms with Crippen LogP contribution < -0.4 is 16.4 Å². The largest absolute Gasteiger partial charge is 0.380 e. The number of halogens is 1. The van der Waals surface area contributed by atoms with Crippen molar-refractivity contribution < 1.29 is 0 Å². The fourth-order valence-electron chi connectivity index (χ4n) is 1.86. The Morgan fingerprint density at radius 3 is 2.50 bits per heavy atom. The molecule has 7 heteroatoms. The molecular weight excluding hydrogens is 298 g/mol. The van der Waals surface area contributed by atoms with Crippen LogP contribution >= 0.6 is 22.9 Å². The Bertz CT molecular complexity index is 881. The zero-order valence-electron chi connectivity index (χ0n) is 10.2. The number of thiophene rings is 1. The summed E-state index contributed by atoms with van der Waals surface area (Å²) in [7, 11) is 0. The van der Waals surface area contributed by atoms with E-state index in [1.807, 2.05) is 18.2 Å². The first-order valence-electron chi connectivity index (χ1n) is 5.86. The summed E-state index contributed by atoms with van der Waals surface area (Å²) in [5.74, 6) is 0.